The number of carbonyl (C=O) groups excluding carboxylic acids is 1. The number of aromatic amines is 1. The van der Waals surface area contributed by atoms with Crippen LogP contribution in [0.25, 0.3) is 17.2 Å². The quantitative estimate of drug-likeness (QED) is 0.503. The highest BCUT2D eigenvalue weighted by Crippen LogP contribution is 2.24. The van der Waals surface area contributed by atoms with Crippen LogP contribution in [0.3, 0.4) is 0 Å². The van der Waals surface area contributed by atoms with E-state index in [1.165, 1.54) is 0 Å². The van der Waals surface area contributed by atoms with Crippen molar-refractivity contribution in [3.05, 3.63) is 75.3 Å². The largest absolute Gasteiger partial charge is 0.383 e. The number of amides is 1. The molecule has 0 fully saturated rings. The minimum atomic E-state index is -0.434. The maximum Gasteiger partial charge on any atom is 0.348 e. The zero-order valence-corrected chi connectivity index (χ0v) is 17.1. The van der Waals surface area contributed by atoms with Gasteiger partial charge in [0.25, 0.3) is 5.91 Å². The van der Waals surface area contributed by atoms with Gasteiger partial charge in [-0.25, -0.2) is 4.79 Å². The fourth-order valence-electron chi connectivity index (χ4n) is 3.37. The van der Waals surface area contributed by atoms with Crippen molar-refractivity contribution in [2.45, 2.75) is 6.42 Å². The van der Waals surface area contributed by atoms with E-state index in [0.29, 0.717) is 36.6 Å². The normalized spacial score (nSPS) is 12.3. The van der Waals surface area contributed by atoms with Gasteiger partial charge in [0.1, 0.15) is 11.3 Å². The highest BCUT2D eigenvalue weighted by molar-refractivity contribution is 5.94. The molecule has 1 amide bonds. The number of hydrogen-bond acceptors (Lipinski definition) is 6. The van der Waals surface area contributed by atoms with Crippen LogP contribution in [-0.2, 0) is 4.74 Å². The fraction of sp³-hybridized carbons (Fsp3) is 0.217. The van der Waals surface area contributed by atoms with E-state index in [-0.39, 0.29) is 5.91 Å². The number of nitrogens with zero attached hydrogens (tertiary/aromatic N) is 2. The van der Waals surface area contributed by atoms with Gasteiger partial charge in [-0.15, -0.1) is 0 Å². The monoisotopic (exact) mass is 417 g/mol. The van der Waals surface area contributed by atoms with E-state index in [0.717, 1.165) is 28.5 Å². The molecule has 0 radical (unpaired) electrons. The van der Waals surface area contributed by atoms with Crippen LogP contribution in [0.15, 0.2) is 58.3 Å². The van der Waals surface area contributed by atoms with Crippen molar-refractivity contribution in [2.75, 3.05) is 32.1 Å². The van der Waals surface area contributed by atoms with Gasteiger partial charge in [-0.3, -0.25) is 14.8 Å². The van der Waals surface area contributed by atoms with Crippen molar-refractivity contribution in [2.24, 2.45) is 4.99 Å². The molecule has 8 heteroatoms. The maximum absolute atomic E-state index is 12.1. The van der Waals surface area contributed by atoms with Gasteiger partial charge in [0.05, 0.1) is 11.8 Å². The first-order chi connectivity index (χ1) is 15.1. The Hall–Kier alpha value is -3.78. The molecule has 158 valence electrons. The standard InChI is InChI=1S/C23H23N5O3/c1-31-13-12-25-22(29)16-9-7-15(8-10-16)17-4-2-5-18(14-17)26-21-19-6-3-11-24-20(19)27-23(30)28-21/h2,4-10,14H,3,11-13H2,1H3,(H,25,29)(H2,24,26,27,28,30). The Morgan fingerprint density at radius 1 is 1.16 bits per heavy atom. The number of hydrogen-bond donors (Lipinski definition) is 3. The molecule has 2 aromatic carbocycles. The van der Waals surface area contributed by atoms with Crippen LogP contribution in [0.5, 0.6) is 0 Å². The first-order valence-corrected chi connectivity index (χ1v) is 10.0. The van der Waals surface area contributed by atoms with Gasteiger partial charge in [-0.1, -0.05) is 30.3 Å². The number of methoxy groups -OCH3 is 1. The third kappa shape index (κ3) is 4.87. The Morgan fingerprint density at radius 3 is 2.81 bits per heavy atom. The van der Waals surface area contributed by atoms with Crippen LogP contribution >= 0.6 is 0 Å². The molecule has 0 unspecified atom stereocenters. The minimum Gasteiger partial charge on any atom is -0.383 e. The first-order valence-electron chi connectivity index (χ1n) is 10.0. The first kappa shape index (κ1) is 20.5. The predicted molar refractivity (Wildman–Crippen MR) is 119 cm³/mol. The maximum atomic E-state index is 12.1. The zero-order valence-electron chi connectivity index (χ0n) is 17.1. The summed E-state index contributed by atoms with van der Waals surface area (Å²) >= 11 is 0. The van der Waals surface area contributed by atoms with Crippen molar-refractivity contribution in [3.8, 4) is 11.1 Å². The van der Waals surface area contributed by atoms with E-state index < -0.39 is 5.69 Å². The van der Waals surface area contributed by atoms with Crippen LogP contribution < -0.4 is 27.0 Å². The second-order valence-corrected chi connectivity index (χ2v) is 7.06. The van der Waals surface area contributed by atoms with Crippen LogP contribution in [0, 0.1) is 0 Å². The average Bonchev–Trinajstić information content (AvgIpc) is 2.79. The summed E-state index contributed by atoms with van der Waals surface area (Å²) < 4.78 is 4.94. The van der Waals surface area contributed by atoms with E-state index in [1.807, 2.05) is 42.5 Å². The molecule has 0 saturated carbocycles. The number of anilines is 2. The SMILES string of the molecule is COCCNC(=O)c1ccc(-c2cccc(Nc3nc(=O)[nH]c4c3=CCCN=4)c2)cc1. The summed E-state index contributed by atoms with van der Waals surface area (Å²) in [4.78, 5) is 35.2. The number of benzene rings is 2. The van der Waals surface area contributed by atoms with Gasteiger partial charge in [0, 0.05) is 31.5 Å². The molecule has 1 aromatic heterocycles. The summed E-state index contributed by atoms with van der Waals surface area (Å²) in [5, 5.41) is 6.85. The number of fused-ring (bicyclic) bond motifs is 1. The summed E-state index contributed by atoms with van der Waals surface area (Å²) in [6.07, 6.45) is 2.83. The topological polar surface area (TPSA) is 108 Å². The van der Waals surface area contributed by atoms with Gasteiger partial charge in [-0.05, 0) is 41.8 Å². The second kappa shape index (κ2) is 9.36. The summed E-state index contributed by atoms with van der Waals surface area (Å²) in [5.74, 6) is 0.355. The zero-order chi connectivity index (χ0) is 21.6. The van der Waals surface area contributed by atoms with Gasteiger partial charge < -0.3 is 15.4 Å². The lowest BCUT2D eigenvalue weighted by Gasteiger charge is -2.10. The van der Waals surface area contributed by atoms with Gasteiger partial charge in [-0.2, -0.15) is 4.98 Å². The molecule has 8 nitrogen and oxygen atoms in total. The van der Waals surface area contributed by atoms with E-state index in [2.05, 4.69) is 25.6 Å². The smallest absolute Gasteiger partial charge is 0.348 e. The Kier molecular flexibility index (Phi) is 6.18. The second-order valence-electron chi connectivity index (χ2n) is 7.06. The summed E-state index contributed by atoms with van der Waals surface area (Å²) in [5.41, 5.74) is 3.47. The van der Waals surface area contributed by atoms with Gasteiger partial charge >= 0.3 is 5.69 Å². The molecular weight excluding hydrogens is 394 g/mol. The van der Waals surface area contributed by atoms with Crippen LogP contribution in [0.1, 0.15) is 16.8 Å². The molecule has 3 aromatic rings. The summed E-state index contributed by atoms with van der Waals surface area (Å²) in [7, 11) is 1.60. The Balaban J connectivity index is 1.55. The van der Waals surface area contributed by atoms with Crippen molar-refractivity contribution in [1.82, 2.24) is 15.3 Å². The highest BCUT2D eigenvalue weighted by atomic mass is 16.5. The van der Waals surface area contributed by atoms with Gasteiger partial charge in [0.2, 0.25) is 0 Å². The third-order valence-corrected chi connectivity index (χ3v) is 4.89. The molecule has 4 rings (SSSR count). The molecule has 3 N–H and O–H groups in total. The molecule has 0 bridgehead atoms. The molecule has 0 saturated heterocycles. The lowest BCUT2D eigenvalue weighted by atomic mass is 10.0. The minimum absolute atomic E-state index is 0.133. The predicted octanol–water partition coefficient (Wildman–Crippen LogP) is 1.36. The van der Waals surface area contributed by atoms with E-state index in [1.54, 1.807) is 19.2 Å². The molecule has 1 aliphatic rings. The van der Waals surface area contributed by atoms with Crippen LogP contribution in [0.4, 0.5) is 11.5 Å². The Bertz CT molecular complexity index is 1270. The molecule has 31 heavy (non-hydrogen) atoms. The molecule has 1 aliphatic heterocycles. The lowest BCUT2D eigenvalue weighted by Crippen LogP contribution is -2.40. The number of carbonyl (C=O) groups is 1. The Morgan fingerprint density at radius 2 is 2.00 bits per heavy atom. The fourth-order valence-corrected chi connectivity index (χ4v) is 3.37. The third-order valence-electron chi connectivity index (χ3n) is 4.89. The van der Waals surface area contributed by atoms with Crippen molar-refractivity contribution in [1.29, 1.82) is 0 Å². The summed E-state index contributed by atoms with van der Waals surface area (Å²) in [6.45, 7) is 1.60. The van der Waals surface area contributed by atoms with Crippen LogP contribution in [-0.4, -0.2) is 42.7 Å². The summed E-state index contributed by atoms with van der Waals surface area (Å²) in [6, 6.07) is 15.2. The highest BCUT2D eigenvalue weighted by Gasteiger charge is 2.08. The molecular formula is C23H23N5O3. The molecule has 0 atom stereocenters. The molecule has 0 spiro atoms. The molecule has 2 heterocycles. The van der Waals surface area contributed by atoms with Crippen LogP contribution in [0.2, 0.25) is 0 Å². The van der Waals surface area contributed by atoms with Crippen molar-refractivity contribution in [3.63, 3.8) is 0 Å². The van der Waals surface area contributed by atoms with E-state index in [9.17, 15) is 9.59 Å². The van der Waals surface area contributed by atoms with Gasteiger partial charge in [0.15, 0.2) is 0 Å². The van der Waals surface area contributed by atoms with Crippen molar-refractivity contribution < 1.29 is 9.53 Å². The van der Waals surface area contributed by atoms with E-state index >= 15 is 0 Å². The lowest BCUT2D eigenvalue weighted by molar-refractivity contribution is 0.0937. The average molecular weight is 417 g/mol. The molecule has 0 aliphatic carbocycles. The number of nitrogens with one attached hydrogen (secondary N) is 3. The Labute approximate surface area is 178 Å². The van der Waals surface area contributed by atoms with Crippen molar-refractivity contribution >= 4 is 23.5 Å². The number of ether oxygens (including phenoxy) is 1. The number of aromatic nitrogens is 2. The number of rotatable bonds is 7. The number of H-pyrrole nitrogens is 1. The van der Waals surface area contributed by atoms with E-state index in [4.69, 9.17) is 4.74 Å².